The average molecular weight is 412 g/mol. The maximum atomic E-state index is 12.8. The molecule has 0 N–H and O–H groups in total. The van der Waals surface area contributed by atoms with Gasteiger partial charge in [-0.15, -0.1) is 0 Å². The SMILES string of the molecule is CC12CC[C@H]3[C@@H](CC[C@H]4C[C@@H](I)CC[C@@]43C)[C@@H]1C1C[C@@H]1C2=O. The first-order valence-corrected chi connectivity index (χ1v) is 10.9. The van der Waals surface area contributed by atoms with Gasteiger partial charge < -0.3 is 0 Å². The van der Waals surface area contributed by atoms with Crippen molar-refractivity contribution < 1.29 is 4.79 Å². The molecule has 0 radical (unpaired) electrons. The Morgan fingerprint density at radius 2 is 1.82 bits per heavy atom. The lowest BCUT2D eigenvalue weighted by molar-refractivity contribution is -0.143. The molecule has 0 bridgehead atoms. The van der Waals surface area contributed by atoms with Crippen LogP contribution in [0.5, 0.6) is 0 Å². The van der Waals surface area contributed by atoms with Crippen LogP contribution >= 0.6 is 22.6 Å². The van der Waals surface area contributed by atoms with Crippen LogP contribution < -0.4 is 0 Å². The van der Waals surface area contributed by atoms with Gasteiger partial charge >= 0.3 is 0 Å². The van der Waals surface area contributed by atoms with E-state index in [0.717, 1.165) is 33.5 Å². The molecule has 0 saturated heterocycles. The highest BCUT2D eigenvalue weighted by Crippen LogP contribution is 2.72. The molecule has 0 heterocycles. The molecular weight excluding hydrogens is 383 g/mol. The second kappa shape index (κ2) is 4.52. The molecule has 2 heteroatoms. The Balaban J connectivity index is 1.49. The summed E-state index contributed by atoms with van der Waals surface area (Å²) in [5, 5.41) is 0. The average Bonchev–Trinajstić information content (AvgIpc) is 3.22. The lowest BCUT2D eigenvalue weighted by Crippen LogP contribution is -2.54. The van der Waals surface area contributed by atoms with Gasteiger partial charge in [0.2, 0.25) is 0 Å². The minimum Gasteiger partial charge on any atom is -0.299 e. The molecule has 1 nitrogen and oxygen atoms in total. The smallest absolute Gasteiger partial charge is 0.142 e. The minimum atomic E-state index is 0.0818. The minimum absolute atomic E-state index is 0.0818. The summed E-state index contributed by atoms with van der Waals surface area (Å²) in [6, 6.07) is 0. The molecule has 0 aromatic heterocycles. The van der Waals surface area contributed by atoms with Crippen molar-refractivity contribution in [1.29, 1.82) is 0 Å². The van der Waals surface area contributed by atoms with E-state index in [2.05, 4.69) is 36.4 Å². The fraction of sp³-hybridized carbons (Fsp3) is 0.950. The third-order valence-corrected chi connectivity index (χ3v) is 10.2. The van der Waals surface area contributed by atoms with Crippen molar-refractivity contribution in [2.24, 2.45) is 46.3 Å². The van der Waals surface area contributed by atoms with Crippen molar-refractivity contribution in [1.82, 2.24) is 0 Å². The number of carbonyl (C=O) groups is 1. The maximum Gasteiger partial charge on any atom is 0.142 e. The van der Waals surface area contributed by atoms with E-state index in [1.807, 2.05) is 0 Å². The summed E-state index contributed by atoms with van der Waals surface area (Å²) in [5.41, 5.74) is 0.681. The standard InChI is InChI=1S/C20H29IO/c1-19-7-5-12(21)9-11(19)3-4-13-16(19)6-8-20(2)17(13)14-10-15(14)18(20)22/h11-17H,3-10H2,1-2H3/t11-,12-,13+,14?,15-,16-,17+,19-,20?/m0/s1. The fourth-order valence-corrected chi connectivity index (χ4v) is 8.79. The summed E-state index contributed by atoms with van der Waals surface area (Å²) < 4.78 is 0.918. The molecule has 9 atom stereocenters. The summed E-state index contributed by atoms with van der Waals surface area (Å²) in [5.74, 6) is 5.51. The largest absolute Gasteiger partial charge is 0.299 e. The van der Waals surface area contributed by atoms with Gasteiger partial charge in [-0.3, -0.25) is 4.79 Å². The number of rotatable bonds is 0. The molecule has 0 spiro atoms. The molecule has 0 aromatic rings. The van der Waals surface area contributed by atoms with Gasteiger partial charge in [0.25, 0.3) is 0 Å². The van der Waals surface area contributed by atoms with Crippen LogP contribution in [0.3, 0.4) is 0 Å². The Hall–Kier alpha value is 0.400. The number of carbonyl (C=O) groups excluding carboxylic acids is 1. The number of halogens is 1. The van der Waals surface area contributed by atoms with Gasteiger partial charge in [-0.25, -0.2) is 0 Å². The molecule has 5 rings (SSSR count). The second-order valence-corrected chi connectivity index (χ2v) is 11.5. The first kappa shape index (κ1) is 14.7. The van der Waals surface area contributed by atoms with Crippen molar-refractivity contribution in [2.75, 3.05) is 0 Å². The highest BCUT2D eigenvalue weighted by molar-refractivity contribution is 14.1. The van der Waals surface area contributed by atoms with E-state index in [1.165, 1.54) is 51.4 Å². The molecule has 5 aliphatic rings. The Labute approximate surface area is 148 Å². The van der Waals surface area contributed by atoms with Crippen molar-refractivity contribution in [3.8, 4) is 0 Å². The lowest BCUT2D eigenvalue weighted by Gasteiger charge is -2.60. The predicted octanol–water partition coefficient (Wildman–Crippen LogP) is 5.26. The molecule has 22 heavy (non-hydrogen) atoms. The molecule has 2 unspecified atom stereocenters. The molecule has 0 aromatic carbocycles. The number of fused-ring (bicyclic) bond motifs is 7. The maximum absolute atomic E-state index is 12.8. The zero-order chi connectivity index (χ0) is 15.3. The number of alkyl halides is 1. The Kier molecular flexibility index (Phi) is 3.02. The van der Waals surface area contributed by atoms with E-state index in [-0.39, 0.29) is 5.41 Å². The van der Waals surface area contributed by atoms with E-state index < -0.39 is 0 Å². The van der Waals surface area contributed by atoms with Crippen molar-refractivity contribution >= 4 is 28.4 Å². The van der Waals surface area contributed by atoms with Crippen LogP contribution in [-0.2, 0) is 4.79 Å². The molecule has 5 saturated carbocycles. The van der Waals surface area contributed by atoms with Crippen molar-refractivity contribution in [2.45, 2.75) is 69.1 Å². The number of ketones is 1. The van der Waals surface area contributed by atoms with Crippen LogP contribution in [-0.4, -0.2) is 9.71 Å². The van der Waals surface area contributed by atoms with Gasteiger partial charge in [-0.1, -0.05) is 36.4 Å². The summed E-state index contributed by atoms with van der Waals surface area (Å²) >= 11 is 2.69. The zero-order valence-corrected chi connectivity index (χ0v) is 16.1. The normalized spacial score (nSPS) is 62.7. The zero-order valence-electron chi connectivity index (χ0n) is 14.0. The van der Waals surface area contributed by atoms with Crippen molar-refractivity contribution in [3.63, 3.8) is 0 Å². The Morgan fingerprint density at radius 1 is 1.00 bits per heavy atom. The van der Waals surface area contributed by atoms with Gasteiger partial charge in [0, 0.05) is 15.3 Å². The third kappa shape index (κ3) is 1.69. The van der Waals surface area contributed by atoms with Gasteiger partial charge in [0.15, 0.2) is 0 Å². The first-order chi connectivity index (χ1) is 10.4. The lowest BCUT2D eigenvalue weighted by atomic mass is 9.45. The van der Waals surface area contributed by atoms with Crippen molar-refractivity contribution in [3.05, 3.63) is 0 Å². The summed E-state index contributed by atoms with van der Waals surface area (Å²) in [6.07, 6.45) is 11.1. The van der Waals surface area contributed by atoms with Gasteiger partial charge in [0.1, 0.15) is 5.78 Å². The van der Waals surface area contributed by atoms with Crippen LogP contribution in [0.1, 0.15) is 65.2 Å². The van der Waals surface area contributed by atoms with Crippen LogP contribution in [0.15, 0.2) is 0 Å². The second-order valence-electron chi connectivity index (χ2n) is 9.77. The van der Waals surface area contributed by atoms with Gasteiger partial charge in [-0.05, 0) is 86.4 Å². The molecule has 122 valence electrons. The number of hydrogen-bond acceptors (Lipinski definition) is 1. The van der Waals surface area contributed by atoms with E-state index in [4.69, 9.17) is 0 Å². The van der Waals surface area contributed by atoms with Crippen LogP contribution in [0.25, 0.3) is 0 Å². The molecule has 0 amide bonds. The molecule has 5 aliphatic carbocycles. The van der Waals surface area contributed by atoms with Crippen LogP contribution in [0.4, 0.5) is 0 Å². The summed E-state index contributed by atoms with van der Waals surface area (Å²) in [6.45, 7) is 4.99. The topological polar surface area (TPSA) is 17.1 Å². The Bertz CT molecular complexity index is 530. The summed E-state index contributed by atoms with van der Waals surface area (Å²) in [4.78, 5) is 12.8. The highest BCUT2D eigenvalue weighted by Gasteiger charge is 2.70. The fourth-order valence-electron chi connectivity index (χ4n) is 7.87. The molecule has 5 fully saturated rings. The van der Waals surface area contributed by atoms with Gasteiger partial charge in [0.05, 0.1) is 0 Å². The van der Waals surface area contributed by atoms with E-state index in [1.54, 1.807) is 0 Å². The number of hydrogen-bond donors (Lipinski definition) is 0. The quantitative estimate of drug-likeness (QED) is 0.392. The van der Waals surface area contributed by atoms with Crippen LogP contribution in [0.2, 0.25) is 0 Å². The van der Waals surface area contributed by atoms with Gasteiger partial charge in [-0.2, -0.15) is 0 Å². The van der Waals surface area contributed by atoms with Crippen LogP contribution in [0, 0.1) is 46.3 Å². The van der Waals surface area contributed by atoms with E-state index in [0.29, 0.717) is 17.1 Å². The predicted molar refractivity (Wildman–Crippen MR) is 96.9 cm³/mol. The molecule has 0 aliphatic heterocycles. The number of Topliss-reactive ketones (excluding diaryl/α,β-unsaturated/α-hetero) is 1. The first-order valence-electron chi connectivity index (χ1n) is 9.63. The summed E-state index contributed by atoms with van der Waals surface area (Å²) in [7, 11) is 0. The highest BCUT2D eigenvalue weighted by atomic mass is 127. The molecular formula is C20H29IO. The monoisotopic (exact) mass is 412 g/mol. The third-order valence-electron chi connectivity index (χ3n) is 9.05. The van der Waals surface area contributed by atoms with E-state index >= 15 is 0 Å². The Morgan fingerprint density at radius 3 is 2.64 bits per heavy atom. The van der Waals surface area contributed by atoms with E-state index in [9.17, 15) is 4.79 Å².